The first-order chi connectivity index (χ1) is 10.2. The number of nitrogens with zero attached hydrogens (tertiary/aromatic N) is 3. The first-order valence-electron chi connectivity index (χ1n) is 7.76. The van der Waals surface area contributed by atoms with Crippen LogP contribution in [-0.2, 0) is 10.4 Å². The van der Waals surface area contributed by atoms with E-state index in [1.54, 1.807) is 6.20 Å². The average molecular weight is 293 g/mol. The maximum Gasteiger partial charge on any atom is 0.234 e. The highest BCUT2D eigenvalue weighted by atomic mass is 16.3. The zero-order valence-electron chi connectivity index (χ0n) is 12.2. The zero-order chi connectivity index (χ0) is 14.7. The van der Waals surface area contributed by atoms with Gasteiger partial charge in [0.1, 0.15) is 11.3 Å². The van der Waals surface area contributed by atoms with Gasteiger partial charge in [-0.25, -0.2) is 0 Å². The topological polar surface area (TPSA) is 94.1 Å². The van der Waals surface area contributed by atoms with Crippen LogP contribution in [0.3, 0.4) is 0 Å². The van der Waals surface area contributed by atoms with Gasteiger partial charge in [0, 0.05) is 12.6 Å². The van der Waals surface area contributed by atoms with Crippen LogP contribution in [0.4, 0.5) is 0 Å². The standard InChI is InChI=1S/C14H23N5O2/c20-13(16-11-4-1-2-5-11)9-19-7-3-6-14(21,10-19)12-8-15-18-17-12/h8,11,21H,1-7,9-10H2,(H,16,20)(H,15,17,18). The smallest absolute Gasteiger partial charge is 0.234 e. The van der Waals surface area contributed by atoms with E-state index >= 15 is 0 Å². The molecule has 1 aliphatic heterocycles. The van der Waals surface area contributed by atoms with Crippen molar-refractivity contribution in [3.8, 4) is 0 Å². The summed E-state index contributed by atoms with van der Waals surface area (Å²) in [6.07, 6.45) is 7.66. The minimum Gasteiger partial charge on any atom is -0.382 e. The van der Waals surface area contributed by atoms with E-state index in [2.05, 4.69) is 20.7 Å². The fraction of sp³-hybridized carbons (Fsp3) is 0.786. The second-order valence-corrected chi connectivity index (χ2v) is 6.25. The largest absolute Gasteiger partial charge is 0.382 e. The van der Waals surface area contributed by atoms with Crippen molar-refractivity contribution < 1.29 is 9.90 Å². The summed E-state index contributed by atoms with van der Waals surface area (Å²) in [5, 5.41) is 24.1. The first-order valence-corrected chi connectivity index (χ1v) is 7.76. The molecule has 1 unspecified atom stereocenters. The lowest BCUT2D eigenvalue weighted by Gasteiger charge is -2.37. The molecule has 1 saturated heterocycles. The molecule has 1 aliphatic carbocycles. The Hall–Kier alpha value is -1.47. The van der Waals surface area contributed by atoms with E-state index in [0.717, 1.165) is 25.8 Å². The molecule has 1 amide bonds. The molecule has 7 heteroatoms. The lowest BCUT2D eigenvalue weighted by atomic mass is 9.90. The first kappa shape index (κ1) is 14.5. The second kappa shape index (κ2) is 6.11. The Morgan fingerprint density at radius 2 is 2.29 bits per heavy atom. The minimum atomic E-state index is -1.00. The summed E-state index contributed by atoms with van der Waals surface area (Å²) in [5.41, 5.74) is -0.442. The molecule has 0 radical (unpaired) electrons. The molecule has 116 valence electrons. The van der Waals surface area contributed by atoms with Crippen LogP contribution in [-0.4, -0.2) is 57.0 Å². The number of aromatic nitrogens is 3. The van der Waals surface area contributed by atoms with Crippen LogP contribution < -0.4 is 5.32 Å². The Balaban J connectivity index is 1.55. The highest BCUT2D eigenvalue weighted by molar-refractivity contribution is 5.78. The maximum absolute atomic E-state index is 12.1. The number of amides is 1. The number of carbonyl (C=O) groups excluding carboxylic acids is 1. The molecule has 2 aliphatic rings. The Morgan fingerprint density at radius 1 is 1.48 bits per heavy atom. The van der Waals surface area contributed by atoms with Gasteiger partial charge in [-0.15, -0.1) is 0 Å². The van der Waals surface area contributed by atoms with Gasteiger partial charge in [-0.3, -0.25) is 9.69 Å². The summed E-state index contributed by atoms with van der Waals surface area (Å²) >= 11 is 0. The Morgan fingerprint density at radius 3 is 3.00 bits per heavy atom. The lowest BCUT2D eigenvalue weighted by molar-refractivity contribution is -0.125. The van der Waals surface area contributed by atoms with Crippen LogP contribution in [0.5, 0.6) is 0 Å². The Bertz CT molecular complexity index is 472. The number of H-pyrrole nitrogens is 1. The van der Waals surface area contributed by atoms with Gasteiger partial charge in [0.2, 0.25) is 5.91 Å². The Labute approximate surface area is 124 Å². The number of aliphatic hydroxyl groups is 1. The fourth-order valence-corrected chi connectivity index (χ4v) is 3.44. The number of rotatable bonds is 4. The van der Waals surface area contributed by atoms with Crippen LogP contribution in [0.15, 0.2) is 6.20 Å². The second-order valence-electron chi connectivity index (χ2n) is 6.25. The van der Waals surface area contributed by atoms with Crippen LogP contribution in [0.25, 0.3) is 0 Å². The van der Waals surface area contributed by atoms with Gasteiger partial charge in [0.25, 0.3) is 0 Å². The third-order valence-electron chi connectivity index (χ3n) is 4.53. The molecule has 3 rings (SSSR count). The summed E-state index contributed by atoms with van der Waals surface area (Å²) < 4.78 is 0. The molecular weight excluding hydrogens is 270 g/mol. The number of likely N-dealkylation sites (tertiary alicyclic amines) is 1. The number of hydrogen-bond acceptors (Lipinski definition) is 5. The number of hydrogen-bond donors (Lipinski definition) is 3. The quantitative estimate of drug-likeness (QED) is 0.734. The SMILES string of the molecule is O=C(CN1CCCC(O)(c2cn[nH]n2)C1)NC1CCCC1. The molecule has 2 fully saturated rings. The number of nitrogens with one attached hydrogen (secondary N) is 2. The highest BCUT2D eigenvalue weighted by Gasteiger charge is 2.37. The van der Waals surface area contributed by atoms with E-state index in [1.807, 2.05) is 4.90 Å². The van der Waals surface area contributed by atoms with Crippen molar-refractivity contribution in [2.75, 3.05) is 19.6 Å². The minimum absolute atomic E-state index is 0.0614. The van der Waals surface area contributed by atoms with Gasteiger partial charge in [0.05, 0.1) is 12.7 Å². The molecule has 7 nitrogen and oxygen atoms in total. The molecule has 0 aromatic carbocycles. The summed E-state index contributed by atoms with van der Waals surface area (Å²) in [6.45, 7) is 1.60. The van der Waals surface area contributed by atoms with E-state index in [1.165, 1.54) is 12.8 Å². The molecule has 21 heavy (non-hydrogen) atoms. The van der Waals surface area contributed by atoms with E-state index in [0.29, 0.717) is 31.2 Å². The van der Waals surface area contributed by atoms with Crippen molar-refractivity contribution in [2.24, 2.45) is 0 Å². The zero-order valence-corrected chi connectivity index (χ0v) is 12.2. The van der Waals surface area contributed by atoms with Crippen molar-refractivity contribution in [3.05, 3.63) is 11.9 Å². The third kappa shape index (κ3) is 3.41. The van der Waals surface area contributed by atoms with E-state index in [4.69, 9.17) is 0 Å². The monoisotopic (exact) mass is 293 g/mol. The van der Waals surface area contributed by atoms with Crippen molar-refractivity contribution >= 4 is 5.91 Å². The number of piperidine rings is 1. The summed E-state index contributed by atoms with van der Waals surface area (Å²) in [5.74, 6) is 0.0614. The van der Waals surface area contributed by atoms with Gasteiger partial charge in [-0.1, -0.05) is 12.8 Å². The number of carbonyl (C=O) groups is 1. The molecule has 3 N–H and O–H groups in total. The van der Waals surface area contributed by atoms with Gasteiger partial charge in [-0.05, 0) is 32.2 Å². The molecule has 1 saturated carbocycles. The molecular formula is C14H23N5O2. The molecule has 2 heterocycles. The molecule has 0 bridgehead atoms. The van der Waals surface area contributed by atoms with Crippen LogP contribution >= 0.6 is 0 Å². The average Bonchev–Trinajstić information content (AvgIpc) is 3.11. The van der Waals surface area contributed by atoms with E-state index < -0.39 is 5.60 Å². The normalized spacial score (nSPS) is 27.9. The van der Waals surface area contributed by atoms with Crippen molar-refractivity contribution in [1.82, 2.24) is 25.6 Å². The van der Waals surface area contributed by atoms with Crippen molar-refractivity contribution in [1.29, 1.82) is 0 Å². The Kier molecular flexibility index (Phi) is 4.21. The highest BCUT2D eigenvalue weighted by Crippen LogP contribution is 2.29. The molecule has 1 aromatic rings. The van der Waals surface area contributed by atoms with Crippen LogP contribution in [0.1, 0.15) is 44.2 Å². The summed E-state index contributed by atoms with van der Waals surface area (Å²) in [4.78, 5) is 14.1. The third-order valence-corrected chi connectivity index (χ3v) is 4.53. The lowest BCUT2D eigenvalue weighted by Crippen LogP contribution is -2.50. The fourth-order valence-electron chi connectivity index (χ4n) is 3.44. The maximum atomic E-state index is 12.1. The number of aromatic amines is 1. The molecule has 1 aromatic heterocycles. The van der Waals surface area contributed by atoms with E-state index in [-0.39, 0.29) is 5.91 Å². The van der Waals surface area contributed by atoms with E-state index in [9.17, 15) is 9.90 Å². The predicted octanol–water partition coefficient (Wildman–Crippen LogP) is 0.147. The van der Waals surface area contributed by atoms with Crippen molar-refractivity contribution in [3.63, 3.8) is 0 Å². The van der Waals surface area contributed by atoms with Crippen LogP contribution in [0, 0.1) is 0 Å². The van der Waals surface area contributed by atoms with Gasteiger partial charge in [-0.2, -0.15) is 15.4 Å². The molecule has 1 atom stereocenters. The van der Waals surface area contributed by atoms with Gasteiger partial charge < -0.3 is 10.4 Å². The van der Waals surface area contributed by atoms with Crippen LogP contribution in [0.2, 0.25) is 0 Å². The van der Waals surface area contributed by atoms with Gasteiger partial charge >= 0.3 is 0 Å². The summed E-state index contributed by atoms with van der Waals surface area (Å²) in [7, 11) is 0. The number of β-amino-alcohol motifs (C(OH)–C–C–N with tert-alkyl or cyclic N) is 1. The van der Waals surface area contributed by atoms with Gasteiger partial charge in [0.15, 0.2) is 0 Å². The predicted molar refractivity (Wildman–Crippen MR) is 76.4 cm³/mol. The molecule has 0 spiro atoms. The van der Waals surface area contributed by atoms with Crippen molar-refractivity contribution in [2.45, 2.75) is 50.2 Å². The summed E-state index contributed by atoms with van der Waals surface area (Å²) in [6, 6.07) is 0.344.